The third-order valence-corrected chi connectivity index (χ3v) is 1.18. The molecule has 0 amide bonds. The Morgan fingerprint density at radius 3 is 2.50 bits per heavy atom. The quantitative estimate of drug-likeness (QED) is 0.437. The minimum atomic E-state index is -0.315. The topological polar surface area (TPSA) is 38.7 Å². The first-order chi connectivity index (χ1) is 4.76. The molecule has 0 aliphatic carbocycles. The molecule has 0 aliphatic heterocycles. The Hall–Kier alpha value is -0.860. The zero-order chi connectivity index (χ0) is 7.98. The average Bonchev–Trinajstić information content (AvgIpc) is 1.99. The van der Waals surface area contributed by atoms with Gasteiger partial charge in [-0.15, -0.1) is 0 Å². The normalized spacial score (nSPS) is 11.3. The monoisotopic (exact) mass is 143 g/mol. The van der Waals surface area contributed by atoms with Gasteiger partial charge in [0.25, 0.3) is 0 Å². The third kappa shape index (κ3) is 2.62. The molecule has 0 atom stereocenters. The van der Waals surface area contributed by atoms with Gasteiger partial charge in [-0.3, -0.25) is 4.99 Å². The molecule has 0 unspecified atom stereocenters. The molecule has 0 aromatic rings. The second-order valence-electron chi connectivity index (χ2n) is 1.91. The van der Waals surface area contributed by atoms with Crippen molar-refractivity contribution in [2.45, 2.75) is 19.8 Å². The van der Waals surface area contributed by atoms with Gasteiger partial charge < -0.3 is 4.74 Å². The van der Waals surface area contributed by atoms with Crippen molar-refractivity contribution in [1.82, 2.24) is 0 Å². The number of nitrogens with zero attached hydrogens (tertiary/aromatic N) is 1. The Morgan fingerprint density at radius 1 is 1.60 bits per heavy atom. The molecular formula is C7H13NO2. The highest BCUT2D eigenvalue weighted by atomic mass is 16.5. The zero-order valence-corrected chi connectivity index (χ0v) is 6.68. The van der Waals surface area contributed by atoms with Gasteiger partial charge in [0.15, 0.2) is 0 Å². The largest absolute Gasteiger partial charge is 0.465 e. The van der Waals surface area contributed by atoms with Gasteiger partial charge in [0.05, 0.1) is 7.11 Å². The van der Waals surface area contributed by atoms with Gasteiger partial charge >= 0.3 is 5.97 Å². The SMILES string of the molecule is CCCC(=NC)C(=O)OC. The summed E-state index contributed by atoms with van der Waals surface area (Å²) in [7, 11) is 2.96. The summed E-state index contributed by atoms with van der Waals surface area (Å²) in [6.07, 6.45) is 1.62. The summed E-state index contributed by atoms with van der Waals surface area (Å²) in [6, 6.07) is 0. The van der Waals surface area contributed by atoms with Crippen LogP contribution in [0.1, 0.15) is 19.8 Å². The molecule has 0 aromatic heterocycles. The molecule has 0 radical (unpaired) electrons. The molecule has 0 spiro atoms. The molecule has 0 aliphatic rings. The van der Waals surface area contributed by atoms with Gasteiger partial charge in [-0.05, 0) is 6.42 Å². The van der Waals surface area contributed by atoms with Crippen LogP contribution in [0, 0.1) is 0 Å². The van der Waals surface area contributed by atoms with E-state index in [0.29, 0.717) is 12.1 Å². The molecule has 0 saturated heterocycles. The second-order valence-corrected chi connectivity index (χ2v) is 1.91. The summed E-state index contributed by atoms with van der Waals surface area (Å²) in [4.78, 5) is 14.6. The van der Waals surface area contributed by atoms with Gasteiger partial charge in [0.2, 0.25) is 0 Å². The number of hydrogen-bond donors (Lipinski definition) is 0. The Kier molecular flexibility index (Phi) is 4.54. The van der Waals surface area contributed by atoms with Crippen LogP contribution in [-0.2, 0) is 9.53 Å². The number of esters is 1. The average molecular weight is 143 g/mol. The van der Waals surface area contributed by atoms with Crippen molar-refractivity contribution in [2.75, 3.05) is 14.2 Å². The lowest BCUT2D eigenvalue weighted by Gasteiger charge is -1.99. The van der Waals surface area contributed by atoms with Crippen molar-refractivity contribution in [3.63, 3.8) is 0 Å². The van der Waals surface area contributed by atoms with Crippen LogP contribution in [0.4, 0.5) is 0 Å². The number of hydrogen-bond acceptors (Lipinski definition) is 3. The van der Waals surface area contributed by atoms with E-state index in [1.54, 1.807) is 7.05 Å². The third-order valence-electron chi connectivity index (χ3n) is 1.18. The van der Waals surface area contributed by atoms with Crippen LogP contribution in [0.3, 0.4) is 0 Å². The fourth-order valence-electron chi connectivity index (χ4n) is 0.660. The lowest BCUT2D eigenvalue weighted by Crippen LogP contribution is -2.15. The highest BCUT2D eigenvalue weighted by Gasteiger charge is 2.07. The van der Waals surface area contributed by atoms with Crippen LogP contribution in [0.2, 0.25) is 0 Å². The summed E-state index contributed by atoms with van der Waals surface area (Å²) in [5.74, 6) is -0.315. The molecule has 58 valence electrons. The molecular weight excluding hydrogens is 130 g/mol. The Labute approximate surface area is 61.1 Å². The predicted molar refractivity (Wildman–Crippen MR) is 40.3 cm³/mol. The van der Waals surface area contributed by atoms with Crippen molar-refractivity contribution < 1.29 is 9.53 Å². The van der Waals surface area contributed by atoms with Crippen LogP contribution in [0.5, 0.6) is 0 Å². The minimum Gasteiger partial charge on any atom is -0.465 e. The first-order valence-corrected chi connectivity index (χ1v) is 3.30. The number of rotatable bonds is 3. The number of carbonyl (C=O) groups is 1. The van der Waals surface area contributed by atoms with Crippen LogP contribution in [0.25, 0.3) is 0 Å². The first kappa shape index (κ1) is 9.14. The lowest BCUT2D eigenvalue weighted by molar-refractivity contribution is -0.132. The summed E-state index contributed by atoms with van der Waals surface area (Å²) in [5.41, 5.74) is 0.519. The zero-order valence-electron chi connectivity index (χ0n) is 6.68. The standard InChI is InChI=1S/C7H13NO2/c1-4-5-6(8-2)7(9)10-3/h4-5H2,1-3H3. The van der Waals surface area contributed by atoms with Crippen LogP contribution in [-0.4, -0.2) is 25.8 Å². The van der Waals surface area contributed by atoms with E-state index in [1.807, 2.05) is 6.92 Å². The summed E-state index contributed by atoms with van der Waals surface area (Å²) < 4.78 is 4.49. The molecule has 0 bridgehead atoms. The predicted octanol–water partition coefficient (Wildman–Crippen LogP) is 1.03. The Morgan fingerprint density at radius 2 is 2.20 bits per heavy atom. The maximum atomic E-state index is 10.8. The number of carbonyl (C=O) groups excluding carboxylic acids is 1. The molecule has 3 nitrogen and oxygen atoms in total. The fraction of sp³-hybridized carbons (Fsp3) is 0.714. The maximum absolute atomic E-state index is 10.8. The fourth-order valence-corrected chi connectivity index (χ4v) is 0.660. The van der Waals surface area contributed by atoms with E-state index >= 15 is 0 Å². The van der Waals surface area contributed by atoms with Gasteiger partial charge in [0.1, 0.15) is 5.71 Å². The Bertz CT molecular complexity index is 141. The van der Waals surface area contributed by atoms with Crippen molar-refractivity contribution in [3.05, 3.63) is 0 Å². The van der Waals surface area contributed by atoms with E-state index in [0.717, 1.165) is 6.42 Å². The molecule has 0 heterocycles. The van der Waals surface area contributed by atoms with Crippen molar-refractivity contribution in [2.24, 2.45) is 4.99 Å². The van der Waals surface area contributed by atoms with E-state index < -0.39 is 0 Å². The van der Waals surface area contributed by atoms with Crippen molar-refractivity contribution in [3.8, 4) is 0 Å². The van der Waals surface area contributed by atoms with E-state index in [-0.39, 0.29) is 5.97 Å². The summed E-state index contributed by atoms with van der Waals surface area (Å²) in [5, 5.41) is 0. The molecule has 0 aromatic carbocycles. The number of ether oxygens (including phenoxy) is 1. The second kappa shape index (κ2) is 4.97. The van der Waals surface area contributed by atoms with Crippen LogP contribution in [0.15, 0.2) is 4.99 Å². The Balaban J connectivity index is 3.95. The minimum absolute atomic E-state index is 0.315. The molecule has 0 rings (SSSR count). The molecule has 3 heteroatoms. The molecule has 10 heavy (non-hydrogen) atoms. The molecule has 0 saturated carbocycles. The van der Waals surface area contributed by atoms with Gasteiger partial charge in [0, 0.05) is 7.05 Å². The molecule has 0 N–H and O–H groups in total. The van der Waals surface area contributed by atoms with Gasteiger partial charge in [-0.1, -0.05) is 13.3 Å². The summed E-state index contributed by atoms with van der Waals surface area (Å²) >= 11 is 0. The molecule has 0 fully saturated rings. The maximum Gasteiger partial charge on any atom is 0.351 e. The van der Waals surface area contributed by atoms with Crippen molar-refractivity contribution in [1.29, 1.82) is 0 Å². The van der Waals surface area contributed by atoms with E-state index in [4.69, 9.17) is 0 Å². The highest BCUT2D eigenvalue weighted by Crippen LogP contribution is 1.93. The first-order valence-electron chi connectivity index (χ1n) is 3.30. The highest BCUT2D eigenvalue weighted by molar-refractivity contribution is 6.36. The van der Waals surface area contributed by atoms with Crippen LogP contribution < -0.4 is 0 Å². The van der Waals surface area contributed by atoms with Crippen molar-refractivity contribution >= 4 is 11.7 Å². The van der Waals surface area contributed by atoms with E-state index in [2.05, 4.69) is 9.73 Å². The number of methoxy groups -OCH3 is 1. The van der Waals surface area contributed by atoms with Gasteiger partial charge in [-0.25, -0.2) is 4.79 Å². The van der Waals surface area contributed by atoms with E-state index in [1.165, 1.54) is 7.11 Å². The van der Waals surface area contributed by atoms with Gasteiger partial charge in [-0.2, -0.15) is 0 Å². The lowest BCUT2D eigenvalue weighted by atomic mass is 10.2. The van der Waals surface area contributed by atoms with Crippen LogP contribution >= 0.6 is 0 Å². The van der Waals surface area contributed by atoms with E-state index in [9.17, 15) is 4.79 Å². The summed E-state index contributed by atoms with van der Waals surface area (Å²) in [6.45, 7) is 1.99. The smallest absolute Gasteiger partial charge is 0.351 e. The number of aliphatic imine (C=N–C) groups is 1.